The van der Waals surface area contributed by atoms with Crippen molar-refractivity contribution in [2.75, 3.05) is 0 Å². The van der Waals surface area contributed by atoms with Gasteiger partial charge in [-0.05, 0) is 0 Å². The van der Waals surface area contributed by atoms with Crippen molar-refractivity contribution in [3.8, 4) is 0 Å². The summed E-state index contributed by atoms with van der Waals surface area (Å²) in [4.78, 5) is 45.0. The van der Waals surface area contributed by atoms with E-state index >= 15 is 0 Å². The zero-order chi connectivity index (χ0) is 27.4. The smallest absolute Gasteiger partial charge is 0.214 e. The molecule has 0 fully saturated rings. The SMILES string of the molecule is CC(=O)O.CC(=O)O.CC(=O)O.CC(=O)O.CC(=O)O.[C-]#[O+].[C-]#[O+].[C-]#[O+].[Hg+].[Hg+].[Hg+].[Hg+].[Hg+].[Mn].c1cc[cH-]c1. The van der Waals surface area contributed by atoms with Crippen LogP contribution in [0.2, 0.25) is 0 Å². The van der Waals surface area contributed by atoms with E-state index in [0.717, 1.165) is 34.6 Å². The number of rotatable bonds is 0. The Morgan fingerprint density at radius 2 is 0.568 bits per heavy atom. The van der Waals surface area contributed by atoms with Crippen LogP contribution in [0.4, 0.5) is 0 Å². The summed E-state index contributed by atoms with van der Waals surface area (Å²) in [6, 6.07) is 10.0. The first-order valence-electron chi connectivity index (χ1n) is 6.92. The summed E-state index contributed by atoms with van der Waals surface area (Å²) in [7, 11) is 0. The van der Waals surface area contributed by atoms with E-state index in [2.05, 4.69) is 20.0 Å². The minimum atomic E-state index is -0.833. The van der Waals surface area contributed by atoms with Gasteiger partial charge in [-0.3, -0.25) is 24.0 Å². The van der Waals surface area contributed by atoms with Gasteiger partial charge in [0, 0.05) is 51.7 Å². The Hall–Kier alpha value is 1.11. The molecule has 1 aromatic carbocycles. The maximum Gasteiger partial charge on any atom is 1.00 e. The van der Waals surface area contributed by atoms with Gasteiger partial charge in [0.2, 0.25) is 0 Å². The van der Waals surface area contributed by atoms with Crippen molar-refractivity contribution in [2.24, 2.45) is 0 Å². The summed E-state index contributed by atoms with van der Waals surface area (Å²) >= 11 is 0. The Kier molecular flexibility index (Phi) is 265. The molecule has 0 aromatic heterocycles. The van der Waals surface area contributed by atoms with Gasteiger partial charge in [0.15, 0.2) is 0 Å². The maximum atomic E-state index is 9.00. The van der Waals surface area contributed by atoms with Crippen LogP contribution in [-0.4, -0.2) is 55.4 Å². The van der Waals surface area contributed by atoms with Crippen molar-refractivity contribution in [2.45, 2.75) is 34.6 Å². The molecular weight excluding hydrogens is 1480 g/mol. The monoisotopic (exact) mass is 1510 g/mol. The zero-order valence-corrected chi connectivity index (χ0v) is 50.0. The summed E-state index contributed by atoms with van der Waals surface area (Å²) in [6.07, 6.45) is 0. The van der Waals surface area contributed by atoms with E-state index in [9.17, 15) is 0 Å². The molecule has 0 saturated carbocycles. The average molecular weight is 1510 g/mol. The predicted octanol–water partition coefficient (Wildman–Crippen LogP) is 1.73. The summed E-state index contributed by atoms with van der Waals surface area (Å²) in [5.41, 5.74) is 0. The van der Waals surface area contributed by atoms with Crippen LogP contribution in [0.15, 0.2) is 30.3 Å². The van der Waals surface area contributed by atoms with Crippen LogP contribution >= 0.6 is 0 Å². The Morgan fingerprint density at radius 3 is 0.595 bits per heavy atom. The van der Waals surface area contributed by atoms with Crippen molar-refractivity contribution in [3.63, 3.8) is 0 Å². The minimum Gasteiger partial charge on any atom is -0.214 e. The minimum absolute atomic E-state index is 0. The first-order chi connectivity index (χ1) is 14.2. The van der Waals surface area contributed by atoms with Crippen molar-refractivity contribution in [1.29, 1.82) is 0 Å². The number of carbonyl (C=O) groups is 5. The van der Waals surface area contributed by atoms with Crippen LogP contribution in [0.3, 0.4) is 0 Å². The molecule has 37 heavy (non-hydrogen) atoms. The van der Waals surface area contributed by atoms with Gasteiger partial charge >= 0.3 is 172 Å². The molecule has 0 aliphatic rings. The molecule has 0 atom stereocenters. The third-order valence-electron chi connectivity index (χ3n) is 0.556. The van der Waals surface area contributed by atoms with Crippen molar-refractivity contribution in [3.05, 3.63) is 50.3 Å². The molecular formula is C18H25Hg5MnO13+4. The molecule has 0 spiro atoms. The van der Waals surface area contributed by atoms with Crippen molar-refractivity contribution >= 4 is 29.8 Å². The molecule has 1 aromatic rings. The topological polar surface area (TPSA) is 246 Å². The number of hydrogen-bond acceptors (Lipinski definition) is 5. The van der Waals surface area contributed by atoms with Crippen molar-refractivity contribution in [1.82, 2.24) is 0 Å². The Morgan fingerprint density at radius 1 is 0.486 bits per heavy atom. The molecule has 1 rings (SSSR count). The van der Waals surface area contributed by atoms with Gasteiger partial charge in [0.1, 0.15) is 0 Å². The molecule has 5 N–H and O–H groups in total. The van der Waals surface area contributed by atoms with E-state index in [-0.39, 0.29) is 155 Å². The summed E-state index contributed by atoms with van der Waals surface area (Å²) in [5.74, 6) is -4.17. The van der Waals surface area contributed by atoms with Gasteiger partial charge in [-0.15, -0.1) is 0 Å². The summed E-state index contributed by atoms with van der Waals surface area (Å²) in [6.45, 7) is 18.9. The summed E-state index contributed by atoms with van der Waals surface area (Å²) in [5, 5.41) is 37.1. The summed E-state index contributed by atoms with van der Waals surface area (Å²) < 4.78 is 22.5. The van der Waals surface area contributed by atoms with E-state index in [1.165, 1.54) is 0 Å². The molecule has 0 saturated heterocycles. The second-order valence-corrected chi connectivity index (χ2v) is 3.56. The normalized spacial score (nSPS) is 4.62. The van der Waals surface area contributed by atoms with Gasteiger partial charge in [-0.2, -0.15) is 18.2 Å². The van der Waals surface area contributed by atoms with E-state index < -0.39 is 29.8 Å². The molecule has 0 amide bonds. The molecule has 19 heteroatoms. The molecule has 0 bridgehead atoms. The van der Waals surface area contributed by atoms with Crippen LogP contribution < -0.4 is 0 Å². The number of hydrogen-bond donors (Lipinski definition) is 5. The second-order valence-electron chi connectivity index (χ2n) is 3.56. The van der Waals surface area contributed by atoms with Gasteiger partial charge in [0.25, 0.3) is 29.8 Å². The quantitative estimate of drug-likeness (QED) is 0.143. The molecule has 0 aliphatic heterocycles. The molecule has 188 valence electrons. The van der Waals surface area contributed by atoms with Gasteiger partial charge < -0.3 is 25.5 Å². The zero-order valence-electron chi connectivity index (χ0n) is 21.3. The molecule has 6 radical (unpaired) electrons. The molecule has 0 heterocycles. The van der Waals surface area contributed by atoms with Gasteiger partial charge in [0.05, 0.1) is 0 Å². The predicted molar refractivity (Wildman–Crippen MR) is 100 cm³/mol. The van der Waals surface area contributed by atoms with Crippen molar-refractivity contribution < 1.29 is 219 Å². The third-order valence-corrected chi connectivity index (χ3v) is 0.556. The second kappa shape index (κ2) is 109. The third kappa shape index (κ3) is 1220. The molecule has 0 aliphatic carbocycles. The van der Waals surface area contributed by atoms with E-state index in [4.69, 9.17) is 63.5 Å². The van der Waals surface area contributed by atoms with Crippen LogP contribution in [-0.2, 0) is 193 Å². The number of carboxylic acid groups (broad SMARTS) is 5. The Balaban J connectivity index is -0.0000000133. The first-order valence-corrected chi connectivity index (χ1v) is 6.92. The van der Waals surface area contributed by atoms with E-state index in [1.54, 1.807) is 0 Å². The van der Waals surface area contributed by atoms with E-state index in [1.807, 2.05) is 30.3 Å². The number of aliphatic carboxylic acids is 5. The fraction of sp³-hybridized carbons (Fsp3) is 0.278. The fourth-order valence-electron chi connectivity index (χ4n) is 0.321. The maximum absolute atomic E-state index is 9.00. The Bertz CT molecular complexity index is 473. The van der Waals surface area contributed by atoms with Gasteiger partial charge in [-0.1, -0.05) is 0 Å². The standard InChI is InChI=1S/C5H5.5C2H4O2.3CO.5Hg.Mn/c1-2-4-5-3-1;5*1-2(3)4;3*1-2;;;;;;/h1-5H;5*1H3,(H,3,4);;;;;;;;;/q-1;;;;;;;;;5*+1;. The van der Waals surface area contributed by atoms with Crippen LogP contribution in [0.5, 0.6) is 0 Å². The average Bonchev–Trinajstić information content (AvgIpc) is 3.17. The molecule has 13 nitrogen and oxygen atoms in total. The van der Waals surface area contributed by atoms with Crippen LogP contribution in [0.1, 0.15) is 34.6 Å². The van der Waals surface area contributed by atoms with Crippen LogP contribution in [0.25, 0.3) is 0 Å². The van der Waals surface area contributed by atoms with Gasteiger partial charge in [-0.25, -0.2) is 12.1 Å². The Labute approximate surface area is 328 Å². The fourth-order valence-corrected chi connectivity index (χ4v) is 0.321. The van der Waals surface area contributed by atoms with Crippen LogP contribution in [0, 0.1) is 20.0 Å². The van der Waals surface area contributed by atoms with E-state index in [0.29, 0.717) is 0 Å². The first kappa shape index (κ1) is 90.3. The number of carboxylic acids is 5. The molecule has 0 unspecified atom stereocenters. The largest absolute Gasteiger partial charge is 1.00 e.